The van der Waals surface area contributed by atoms with Crippen LogP contribution >= 0.6 is 0 Å². The number of nitrogens with zero attached hydrogens (tertiary/aromatic N) is 3. The summed E-state index contributed by atoms with van der Waals surface area (Å²) in [6.45, 7) is 1.41. The molecule has 0 saturated heterocycles. The van der Waals surface area contributed by atoms with Crippen LogP contribution in [0.25, 0.3) is 16.9 Å². The highest BCUT2D eigenvalue weighted by Gasteiger charge is 2.26. The maximum Gasteiger partial charge on any atom is 0.390 e. The molecule has 0 saturated carbocycles. The van der Waals surface area contributed by atoms with Crippen LogP contribution in [0.4, 0.5) is 24.5 Å². The summed E-state index contributed by atoms with van der Waals surface area (Å²) in [6, 6.07) is 13.8. The van der Waals surface area contributed by atoms with Crippen LogP contribution in [0.5, 0.6) is 11.6 Å². The van der Waals surface area contributed by atoms with E-state index in [0.29, 0.717) is 45.2 Å². The molecule has 0 aliphatic rings. The standard InChI is InChI=1S/C24H23F3N6O2/c1-14-11-15(7-8-16(14)22(28)34)19-13-31-23-18(30-10-9-24(25,26)27)12-21(32-33(19)23)35-20-6-4-3-5-17(20)29-2/h3-8,11-13,29-30H,9-10H2,1-2H3,(H2,28,34). The summed E-state index contributed by atoms with van der Waals surface area (Å²) in [6.07, 6.45) is -3.76. The lowest BCUT2D eigenvalue weighted by atomic mass is 10.0. The number of amides is 1. The second-order valence-corrected chi connectivity index (χ2v) is 7.81. The number of ether oxygens (including phenoxy) is 1. The van der Waals surface area contributed by atoms with E-state index in [1.807, 2.05) is 12.1 Å². The van der Waals surface area contributed by atoms with Crippen molar-refractivity contribution >= 4 is 22.9 Å². The maximum absolute atomic E-state index is 12.7. The highest BCUT2D eigenvalue weighted by Crippen LogP contribution is 2.32. The van der Waals surface area contributed by atoms with Gasteiger partial charge in [-0.15, -0.1) is 5.10 Å². The van der Waals surface area contributed by atoms with Gasteiger partial charge in [0, 0.05) is 30.8 Å². The zero-order valence-electron chi connectivity index (χ0n) is 19.0. The van der Waals surface area contributed by atoms with Crippen molar-refractivity contribution in [2.75, 3.05) is 24.2 Å². The summed E-state index contributed by atoms with van der Waals surface area (Å²) >= 11 is 0. The molecule has 2 heterocycles. The molecule has 182 valence electrons. The van der Waals surface area contributed by atoms with Gasteiger partial charge in [0.2, 0.25) is 11.8 Å². The number of imidazole rings is 1. The number of primary amides is 1. The third kappa shape index (κ3) is 5.29. The van der Waals surface area contributed by atoms with Crippen molar-refractivity contribution in [3.63, 3.8) is 0 Å². The highest BCUT2D eigenvalue weighted by atomic mass is 19.4. The minimum Gasteiger partial charge on any atom is -0.435 e. The second-order valence-electron chi connectivity index (χ2n) is 7.81. The molecular formula is C24H23F3N6O2. The van der Waals surface area contributed by atoms with E-state index in [9.17, 15) is 18.0 Å². The molecule has 0 bridgehead atoms. The van der Waals surface area contributed by atoms with Crippen molar-refractivity contribution in [2.45, 2.75) is 19.5 Å². The summed E-state index contributed by atoms with van der Waals surface area (Å²) in [5.74, 6) is 0.103. The van der Waals surface area contributed by atoms with Crippen LogP contribution < -0.4 is 21.1 Å². The minimum atomic E-state index is -4.30. The molecule has 0 spiro atoms. The molecule has 4 aromatic rings. The number of para-hydroxylation sites is 2. The Balaban J connectivity index is 1.79. The third-order valence-electron chi connectivity index (χ3n) is 5.33. The second kappa shape index (κ2) is 9.53. The Labute approximate surface area is 198 Å². The van der Waals surface area contributed by atoms with E-state index in [4.69, 9.17) is 10.5 Å². The molecule has 1 amide bonds. The summed E-state index contributed by atoms with van der Waals surface area (Å²) in [5, 5.41) is 10.4. The number of carbonyl (C=O) groups excluding carboxylic acids is 1. The van der Waals surface area contributed by atoms with Crippen LogP contribution in [-0.2, 0) is 0 Å². The van der Waals surface area contributed by atoms with Crippen LogP contribution in [-0.4, -0.2) is 40.3 Å². The quantitative estimate of drug-likeness (QED) is 0.325. The first-order valence-corrected chi connectivity index (χ1v) is 10.7. The fourth-order valence-electron chi connectivity index (χ4n) is 3.64. The molecule has 0 atom stereocenters. The SMILES string of the molecule is CNc1ccccc1Oc1cc(NCCC(F)(F)F)c2ncc(-c3ccc(C(N)=O)c(C)c3)n2n1. The number of aromatic nitrogens is 3. The van der Waals surface area contributed by atoms with Gasteiger partial charge in [-0.3, -0.25) is 4.79 Å². The Morgan fingerprint density at radius 2 is 1.91 bits per heavy atom. The number of rotatable bonds is 8. The fraction of sp³-hybridized carbons (Fsp3) is 0.208. The number of aryl methyl sites for hydroxylation is 1. The first kappa shape index (κ1) is 23.9. The number of benzene rings is 2. The Bertz CT molecular complexity index is 1380. The summed E-state index contributed by atoms with van der Waals surface area (Å²) in [7, 11) is 1.75. The van der Waals surface area contributed by atoms with Gasteiger partial charge in [-0.05, 0) is 36.8 Å². The molecule has 2 aromatic heterocycles. The van der Waals surface area contributed by atoms with E-state index in [2.05, 4.69) is 20.7 Å². The van der Waals surface area contributed by atoms with Crippen LogP contribution in [0.3, 0.4) is 0 Å². The number of carbonyl (C=O) groups is 1. The molecule has 11 heteroatoms. The van der Waals surface area contributed by atoms with E-state index in [-0.39, 0.29) is 12.4 Å². The van der Waals surface area contributed by atoms with Crippen LogP contribution in [0.2, 0.25) is 0 Å². The number of nitrogens with one attached hydrogen (secondary N) is 2. The number of alkyl halides is 3. The lowest BCUT2D eigenvalue weighted by molar-refractivity contribution is -0.131. The van der Waals surface area contributed by atoms with E-state index in [0.717, 1.165) is 0 Å². The molecule has 0 aliphatic carbocycles. The summed E-state index contributed by atoms with van der Waals surface area (Å²) in [4.78, 5) is 16.0. The largest absolute Gasteiger partial charge is 0.435 e. The zero-order valence-corrected chi connectivity index (χ0v) is 19.0. The van der Waals surface area contributed by atoms with Crippen molar-refractivity contribution in [2.24, 2.45) is 5.73 Å². The zero-order chi connectivity index (χ0) is 25.2. The normalized spacial score (nSPS) is 11.5. The summed E-state index contributed by atoms with van der Waals surface area (Å²) < 4.78 is 45.7. The summed E-state index contributed by atoms with van der Waals surface area (Å²) in [5.41, 5.74) is 9.09. The third-order valence-corrected chi connectivity index (χ3v) is 5.33. The van der Waals surface area contributed by atoms with Gasteiger partial charge in [0.1, 0.15) is 0 Å². The number of hydrogen-bond acceptors (Lipinski definition) is 6. The van der Waals surface area contributed by atoms with E-state index >= 15 is 0 Å². The molecule has 8 nitrogen and oxygen atoms in total. The van der Waals surface area contributed by atoms with Crippen molar-refractivity contribution in [1.29, 1.82) is 0 Å². The Kier molecular flexibility index (Phi) is 6.50. The maximum atomic E-state index is 12.7. The lowest BCUT2D eigenvalue weighted by Gasteiger charge is -2.14. The number of hydrogen-bond donors (Lipinski definition) is 3. The molecular weight excluding hydrogens is 461 g/mol. The minimum absolute atomic E-state index is 0.152. The average Bonchev–Trinajstić information content (AvgIpc) is 3.22. The van der Waals surface area contributed by atoms with Gasteiger partial charge >= 0.3 is 6.18 Å². The molecule has 4 rings (SSSR count). The van der Waals surface area contributed by atoms with Gasteiger partial charge in [0.05, 0.1) is 29.7 Å². The van der Waals surface area contributed by atoms with Crippen molar-refractivity contribution in [1.82, 2.24) is 14.6 Å². The van der Waals surface area contributed by atoms with E-state index in [1.165, 1.54) is 10.6 Å². The predicted octanol–water partition coefficient (Wildman–Crippen LogP) is 5.00. The molecule has 0 radical (unpaired) electrons. The first-order chi connectivity index (χ1) is 16.7. The number of fused-ring (bicyclic) bond motifs is 1. The van der Waals surface area contributed by atoms with Gasteiger partial charge in [-0.25, -0.2) is 9.50 Å². The van der Waals surface area contributed by atoms with Crippen molar-refractivity contribution in [3.8, 4) is 22.9 Å². The Morgan fingerprint density at radius 1 is 1.14 bits per heavy atom. The molecule has 0 aliphatic heterocycles. The molecule has 2 aromatic carbocycles. The average molecular weight is 484 g/mol. The van der Waals surface area contributed by atoms with Crippen LogP contribution in [0, 0.1) is 6.92 Å². The fourth-order valence-corrected chi connectivity index (χ4v) is 3.64. The number of halogens is 3. The van der Waals surface area contributed by atoms with Gasteiger partial charge in [-0.1, -0.05) is 18.2 Å². The Hall–Kier alpha value is -4.28. The molecule has 0 fully saturated rings. The van der Waals surface area contributed by atoms with Gasteiger partial charge < -0.3 is 21.1 Å². The van der Waals surface area contributed by atoms with Gasteiger partial charge in [0.25, 0.3) is 0 Å². The molecule has 0 unspecified atom stereocenters. The topological polar surface area (TPSA) is 107 Å². The molecule has 4 N–H and O–H groups in total. The first-order valence-electron chi connectivity index (χ1n) is 10.7. The number of anilines is 2. The highest BCUT2D eigenvalue weighted by molar-refractivity contribution is 5.94. The Morgan fingerprint density at radius 3 is 2.60 bits per heavy atom. The van der Waals surface area contributed by atoms with E-state index < -0.39 is 18.5 Å². The molecule has 35 heavy (non-hydrogen) atoms. The lowest BCUT2D eigenvalue weighted by Crippen LogP contribution is -2.15. The smallest absolute Gasteiger partial charge is 0.390 e. The monoisotopic (exact) mass is 484 g/mol. The van der Waals surface area contributed by atoms with E-state index in [1.54, 1.807) is 50.5 Å². The van der Waals surface area contributed by atoms with Crippen LogP contribution in [0.1, 0.15) is 22.3 Å². The van der Waals surface area contributed by atoms with Gasteiger partial charge in [-0.2, -0.15) is 13.2 Å². The predicted molar refractivity (Wildman–Crippen MR) is 127 cm³/mol. The van der Waals surface area contributed by atoms with Crippen molar-refractivity contribution in [3.05, 3.63) is 65.9 Å². The van der Waals surface area contributed by atoms with Crippen LogP contribution in [0.15, 0.2) is 54.7 Å². The van der Waals surface area contributed by atoms with Gasteiger partial charge in [0.15, 0.2) is 11.4 Å². The van der Waals surface area contributed by atoms with Crippen molar-refractivity contribution < 1.29 is 22.7 Å². The number of nitrogens with two attached hydrogens (primary N) is 1.